The molecule has 128 valence electrons. The van der Waals surface area contributed by atoms with E-state index in [0.717, 1.165) is 0 Å². The highest BCUT2D eigenvalue weighted by Crippen LogP contribution is 2.21. The van der Waals surface area contributed by atoms with Crippen LogP contribution < -0.4 is 15.5 Å². The van der Waals surface area contributed by atoms with Crippen LogP contribution in [-0.2, 0) is 6.54 Å². The lowest BCUT2D eigenvalue weighted by Crippen LogP contribution is -2.28. The summed E-state index contributed by atoms with van der Waals surface area (Å²) in [5.41, 5.74) is 0.782. The van der Waals surface area contributed by atoms with Crippen molar-refractivity contribution >= 4 is 16.8 Å². The van der Waals surface area contributed by atoms with Crippen LogP contribution in [0.15, 0.2) is 53.5 Å². The number of hydrogen-bond donors (Lipinski definition) is 2. The second-order valence-corrected chi connectivity index (χ2v) is 5.46. The molecule has 2 aromatic carbocycles. The zero-order valence-corrected chi connectivity index (χ0v) is 13.6. The third-order valence-electron chi connectivity index (χ3n) is 3.76. The molecule has 3 aromatic rings. The Morgan fingerprint density at radius 3 is 2.80 bits per heavy atom. The van der Waals surface area contributed by atoms with Crippen molar-refractivity contribution in [3.8, 4) is 5.75 Å². The maximum Gasteiger partial charge on any atom is 0.257 e. The largest absolute Gasteiger partial charge is 0.492 e. The van der Waals surface area contributed by atoms with Gasteiger partial charge in [0.1, 0.15) is 17.1 Å². The van der Waals surface area contributed by atoms with Gasteiger partial charge in [-0.3, -0.25) is 9.59 Å². The summed E-state index contributed by atoms with van der Waals surface area (Å²) in [4.78, 5) is 27.9. The minimum atomic E-state index is -0.519. The zero-order chi connectivity index (χ0) is 17.8. The summed E-state index contributed by atoms with van der Waals surface area (Å²) >= 11 is 0. The third kappa shape index (κ3) is 3.52. The number of fused-ring (bicyclic) bond motifs is 1. The molecule has 0 saturated heterocycles. The predicted octanol–water partition coefficient (Wildman–Crippen LogP) is 3.00. The van der Waals surface area contributed by atoms with E-state index in [1.807, 2.05) is 6.92 Å². The molecule has 0 unspecified atom stereocenters. The van der Waals surface area contributed by atoms with E-state index in [0.29, 0.717) is 28.8 Å². The number of para-hydroxylation sites is 1. The number of benzene rings is 2. The molecule has 1 aromatic heterocycles. The monoisotopic (exact) mass is 340 g/mol. The molecule has 0 bridgehead atoms. The topological polar surface area (TPSA) is 71.2 Å². The molecule has 5 nitrogen and oxygen atoms in total. The normalized spacial score (nSPS) is 10.6. The fraction of sp³-hybridized carbons (Fsp3) is 0.158. The Morgan fingerprint density at radius 2 is 2.04 bits per heavy atom. The molecule has 0 aliphatic rings. The van der Waals surface area contributed by atoms with Crippen molar-refractivity contribution in [2.24, 2.45) is 0 Å². The summed E-state index contributed by atoms with van der Waals surface area (Å²) in [7, 11) is 0. The van der Waals surface area contributed by atoms with E-state index in [-0.39, 0.29) is 23.4 Å². The highest BCUT2D eigenvalue weighted by molar-refractivity contribution is 5.97. The molecule has 0 atom stereocenters. The first-order chi connectivity index (χ1) is 12.1. The van der Waals surface area contributed by atoms with Gasteiger partial charge in [-0.25, -0.2) is 4.39 Å². The van der Waals surface area contributed by atoms with E-state index < -0.39 is 5.91 Å². The molecule has 2 N–H and O–H groups in total. The standard InChI is InChI=1S/C19H17FN2O3/c1-2-25-16-8-4-7-14-17(16)21-11-15(18(14)23)19(24)22-10-12-5-3-6-13(20)9-12/h3-9,11H,2,10H2,1H3,(H,21,23)(H,22,24). The Morgan fingerprint density at radius 1 is 1.24 bits per heavy atom. The maximum absolute atomic E-state index is 13.2. The second kappa shape index (κ2) is 7.17. The molecular weight excluding hydrogens is 323 g/mol. The van der Waals surface area contributed by atoms with Crippen LogP contribution in [0, 0.1) is 5.82 Å². The van der Waals surface area contributed by atoms with Gasteiger partial charge in [-0.15, -0.1) is 0 Å². The number of ether oxygens (including phenoxy) is 1. The van der Waals surface area contributed by atoms with Crippen LogP contribution in [0.1, 0.15) is 22.8 Å². The van der Waals surface area contributed by atoms with Gasteiger partial charge in [-0.2, -0.15) is 0 Å². The van der Waals surface area contributed by atoms with Gasteiger partial charge >= 0.3 is 0 Å². The SMILES string of the molecule is CCOc1cccc2c(=O)c(C(=O)NCc3cccc(F)c3)c[nH]c12. The van der Waals surface area contributed by atoms with Crippen LogP contribution in [0.25, 0.3) is 10.9 Å². The molecule has 0 fully saturated rings. The Hall–Kier alpha value is -3.15. The molecular formula is C19H17FN2O3. The van der Waals surface area contributed by atoms with Gasteiger partial charge in [-0.1, -0.05) is 18.2 Å². The van der Waals surface area contributed by atoms with E-state index in [1.54, 1.807) is 30.3 Å². The lowest BCUT2D eigenvalue weighted by Gasteiger charge is -2.09. The van der Waals surface area contributed by atoms with Crippen LogP contribution in [0.5, 0.6) is 5.75 Å². The first-order valence-electron chi connectivity index (χ1n) is 7.90. The Labute approximate surface area is 143 Å². The number of nitrogens with one attached hydrogen (secondary N) is 2. The zero-order valence-electron chi connectivity index (χ0n) is 13.6. The van der Waals surface area contributed by atoms with Crippen molar-refractivity contribution in [3.05, 3.63) is 75.8 Å². The average molecular weight is 340 g/mol. The van der Waals surface area contributed by atoms with Gasteiger partial charge in [0.05, 0.1) is 17.5 Å². The van der Waals surface area contributed by atoms with E-state index in [9.17, 15) is 14.0 Å². The van der Waals surface area contributed by atoms with Crippen LogP contribution in [0.4, 0.5) is 4.39 Å². The minimum absolute atomic E-state index is 0.00227. The number of carbonyl (C=O) groups is 1. The Bertz CT molecular complexity index is 982. The van der Waals surface area contributed by atoms with Gasteiger partial charge in [0.15, 0.2) is 0 Å². The van der Waals surface area contributed by atoms with Crippen LogP contribution >= 0.6 is 0 Å². The number of rotatable bonds is 5. The number of aromatic amines is 1. The van der Waals surface area contributed by atoms with E-state index in [4.69, 9.17) is 4.74 Å². The highest BCUT2D eigenvalue weighted by atomic mass is 19.1. The molecule has 0 spiro atoms. The molecule has 1 amide bonds. The van der Waals surface area contributed by atoms with Gasteiger partial charge in [0.2, 0.25) is 5.43 Å². The Balaban J connectivity index is 1.87. The summed E-state index contributed by atoms with van der Waals surface area (Å²) in [6.45, 7) is 2.45. The highest BCUT2D eigenvalue weighted by Gasteiger charge is 2.14. The molecule has 1 heterocycles. The molecule has 0 aliphatic carbocycles. The summed E-state index contributed by atoms with van der Waals surface area (Å²) in [6, 6.07) is 11.0. The fourth-order valence-electron chi connectivity index (χ4n) is 2.59. The minimum Gasteiger partial charge on any atom is -0.492 e. The smallest absolute Gasteiger partial charge is 0.257 e. The van der Waals surface area contributed by atoms with Crippen molar-refractivity contribution < 1.29 is 13.9 Å². The van der Waals surface area contributed by atoms with Gasteiger partial charge in [0, 0.05) is 12.7 Å². The Kier molecular flexibility index (Phi) is 4.79. The number of amides is 1. The molecule has 25 heavy (non-hydrogen) atoms. The molecule has 0 saturated carbocycles. The number of hydrogen-bond acceptors (Lipinski definition) is 3. The lowest BCUT2D eigenvalue weighted by atomic mass is 10.1. The number of halogens is 1. The molecule has 6 heteroatoms. The third-order valence-corrected chi connectivity index (χ3v) is 3.76. The summed E-state index contributed by atoms with van der Waals surface area (Å²) in [5.74, 6) is -0.336. The van der Waals surface area contributed by atoms with Crippen molar-refractivity contribution in [2.45, 2.75) is 13.5 Å². The van der Waals surface area contributed by atoms with Crippen LogP contribution in [0.2, 0.25) is 0 Å². The van der Waals surface area contributed by atoms with Crippen molar-refractivity contribution in [1.82, 2.24) is 10.3 Å². The summed E-state index contributed by atoms with van der Waals surface area (Å²) in [5, 5.41) is 3.01. The summed E-state index contributed by atoms with van der Waals surface area (Å²) < 4.78 is 18.7. The van der Waals surface area contributed by atoms with Gasteiger partial charge in [-0.05, 0) is 36.8 Å². The molecule has 0 aliphatic heterocycles. The second-order valence-electron chi connectivity index (χ2n) is 5.46. The first kappa shape index (κ1) is 16.7. The maximum atomic E-state index is 13.2. The first-order valence-corrected chi connectivity index (χ1v) is 7.90. The van der Waals surface area contributed by atoms with E-state index in [2.05, 4.69) is 10.3 Å². The molecule has 3 rings (SSSR count). The summed E-state index contributed by atoms with van der Waals surface area (Å²) in [6.07, 6.45) is 1.37. The van der Waals surface area contributed by atoms with Gasteiger partial charge in [0.25, 0.3) is 5.91 Å². The molecule has 0 radical (unpaired) electrons. The lowest BCUT2D eigenvalue weighted by molar-refractivity contribution is 0.0949. The number of pyridine rings is 1. The average Bonchev–Trinajstić information content (AvgIpc) is 2.61. The van der Waals surface area contributed by atoms with Crippen molar-refractivity contribution in [2.75, 3.05) is 6.61 Å². The van der Waals surface area contributed by atoms with Gasteiger partial charge < -0.3 is 15.0 Å². The fourth-order valence-corrected chi connectivity index (χ4v) is 2.59. The number of aromatic nitrogens is 1. The van der Waals surface area contributed by atoms with Crippen LogP contribution in [-0.4, -0.2) is 17.5 Å². The number of H-pyrrole nitrogens is 1. The van der Waals surface area contributed by atoms with Crippen LogP contribution in [0.3, 0.4) is 0 Å². The van der Waals surface area contributed by atoms with E-state index in [1.165, 1.54) is 18.3 Å². The predicted molar refractivity (Wildman–Crippen MR) is 93.3 cm³/mol. The van der Waals surface area contributed by atoms with Crippen molar-refractivity contribution in [1.29, 1.82) is 0 Å². The van der Waals surface area contributed by atoms with Crippen molar-refractivity contribution in [3.63, 3.8) is 0 Å². The van der Waals surface area contributed by atoms with E-state index >= 15 is 0 Å². The quantitative estimate of drug-likeness (QED) is 0.750. The number of carbonyl (C=O) groups excluding carboxylic acids is 1.